The highest BCUT2D eigenvalue weighted by Gasteiger charge is 2.36. The van der Waals surface area contributed by atoms with Crippen LogP contribution in [-0.4, -0.2) is 36.1 Å². The van der Waals surface area contributed by atoms with E-state index in [2.05, 4.69) is 4.90 Å². The Morgan fingerprint density at radius 1 is 1.50 bits per heavy atom. The van der Waals surface area contributed by atoms with Crippen molar-refractivity contribution in [2.75, 3.05) is 13.1 Å². The molecule has 2 fully saturated rings. The van der Waals surface area contributed by atoms with Gasteiger partial charge in [-0.25, -0.2) is 0 Å². The highest BCUT2D eigenvalue weighted by atomic mass is 16.1. The van der Waals surface area contributed by atoms with Gasteiger partial charge in [0.05, 0.1) is 5.92 Å². The number of ketones is 1. The molecule has 2 unspecified atom stereocenters. The summed E-state index contributed by atoms with van der Waals surface area (Å²) in [5.41, 5.74) is 0. The van der Waals surface area contributed by atoms with E-state index in [1.165, 1.54) is 6.42 Å². The molecule has 2 atom stereocenters. The van der Waals surface area contributed by atoms with Crippen LogP contribution in [0.2, 0.25) is 0 Å². The fraction of sp³-hybridized carbons (Fsp3) is 0.778. The van der Waals surface area contributed by atoms with Crippen LogP contribution in [0.15, 0.2) is 0 Å². The van der Waals surface area contributed by atoms with E-state index in [9.17, 15) is 9.59 Å². The maximum Gasteiger partial charge on any atom is 0.145 e. The molecule has 3 nitrogen and oxygen atoms in total. The van der Waals surface area contributed by atoms with Gasteiger partial charge in [-0.2, -0.15) is 0 Å². The summed E-state index contributed by atoms with van der Waals surface area (Å²) < 4.78 is 0. The zero-order valence-corrected chi connectivity index (χ0v) is 7.03. The Balaban J connectivity index is 2.08. The molecule has 2 heterocycles. The lowest BCUT2D eigenvalue weighted by Crippen LogP contribution is -2.44. The van der Waals surface area contributed by atoms with Gasteiger partial charge in [0.25, 0.3) is 0 Å². The second-order valence-corrected chi connectivity index (χ2v) is 3.70. The number of piperidine rings is 1. The SMILES string of the molecule is O=CC1CN2CCCC2CC1=O. The molecule has 0 spiro atoms. The van der Waals surface area contributed by atoms with Crippen molar-refractivity contribution in [2.24, 2.45) is 5.92 Å². The van der Waals surface area contributed by atoms with Gasteiger partial charge in [0.1, 0.15) is 12.1 Å². The van der Waals surface area contributed by atoms with Crippen molar-refractivity contribution in [1.82, 2.24) is 4.90 Å². The lowest BCUT2D eigenvalue weighted by molar-refractivity contribution is -0.131. The molecule has 12 heavy (non-hydrogen) atoms. The van der Waals surface area contributed by atoms with Crippen LogP contribution in [0, 0.1) is 5.92 Å². The molecule has 0 aromatic carbocycles. The first kappa shape index (κ1) is 7.92. The van der Waals surface area contributed by atoms with E-state index in [0.717, 1.165) is 19.3 Å². The second-order valence-electron chi connectivity index (χ2n) is 3.70. The summed E-state index contributed by atoms with van der Waals surface area (Å²) >= 11 is 0. The van der Waals surface area contributed by atoms with Gasteiger partial charge in [0, 0.05) is 19.0 Å². The fourth-order valence-corrected chi connectivity index (χ4v) is 2.22. The molecule has 2 saturated heterocycles. The quantitative estimate of drug-likeness (QED) is 0.414. The first-order valence-electron chi connectivity index (χ1n) is 4.53. The van der Waals surface area contributed by atoms with Gasteiger partial charge in [0.15, 0.2) is 0 Å². The maximum absolute atomic E-state index is 11.3. The Kier molecular flexibility index (Phi) is 1.97. The molecule has 3 heteroatoms. The highest BCUT2D eigenvalue weighted by Crippen LogP contribution is 2.26. The third-order valence-corrected chi connectivity index (χ3v) is 2.94. The number of nitrogens with zero attached hydrogens (tertiary/aromatic N) is 1. The Morgan fingerprint density at radius 3 is 3.08 bits per heavy atom. The average molecular weight is 167 g/mol. The minimum Gasteiger partial charge on any atom is -0.303 e. The fourth-order valence-electron chi connectivity index (χ4n) is 2.22. The van der Waals surface area contributed by atoms with Crippen LogP contribution < -0.4 is 0 Å². The molecule has 2 aliphatic heterocycles. The lowest BCUT2D eigenvalue weighted by Gasteiger charge is -2.31. The van der Waals surface area contributed by atoms with Crippen molar-refractivity contribution < 1.29 is 9.59 Å². The first-order valence-corrected chi connectivity index (χ1v) is 4.53. The Hall–Kier alpha value is -0.700. The van der Waals surface area contributed by atoms with Gasteiger partial charge in [-0.3, -0.25) is 9.69 Å². The number of carbonyl (C=O) groups excluding carboxylic acids is 2. The summed E-state index contributed by atoms with van der Waals surface area (Å²) in [4.78, 5) is 24.1. The third kappa shape index (κ3) is 1.18. The van der Waals surface area contributed by atoms with Crippen LogP contribution in [0.5, 0.6) is 0 Å². The predicted octanol–water partition coefficient (Wildman–Crippen LogP) is 0.239. The van der Waals surface area contributed by atoms with Crippen molar-refractivity contribution in [3.05, 3.63) is 0 Å². The van der Waals surface area contributed by atoms with Crippen LogP contribution in [-0.2, 0) is 9.59 Å². The molecule has 0 bridgehead atoms. The van der Waals surface area contributed by atoms with Crippen molar-refractivity contribution in [2.45, 2.75) is 25.3 Å². The number of aldehydes is 1. The molecule has 66 valence electrons. The van der Waals surface area contributed by atoms with E-state index < -0.39 is 0 Å². The molecule has 2 rings (SSSR count). The number of carbonyl (C=O) groups is 2. The standard InChI is InChI=1S/C9H13NO2/c11-6-7-5-10-3-1-2-8(10)4-9(7)12/h6-8H,1-5H2. The summed E-state index contributed by atoms with van der Waals surface area (Å²) in [7, 11) is 0. The Bertz CT molecular complexity index is 215. The molecule has 0 aromatic rings. The molecule has 0 amide bonds. The van der Waals surface area contributed by atoms with Gasteiger partial charge in [-0.1, -0.05) is 0 Å². The summed E-state index contributed by atoms with van der Waals surface area (Å²) in [5.74, 6) is -0.188. The topological polar surface area (TPSA) is 37.4 Å². The van der Waals surface area contributed by atoms with Gasteiger partial charge < -0.3 is 4.79 Å². The molecule has 0 saturated carbocycles. The largest absolute Gasteiger partial charge is 0.303 e. The molecule has 0 N–H and O–H groups in total. The van der Waals surface area contributed by atoms with Gasteiger partial charge in [-0.15, -0.1) is 0 Å². The molecule has 0 radical (unpaired) electrons. The second kappa shape index (κ2) is 2.98. The normalized spacial score (nSPS) is 36.5. The number of rotatable bonds is 1. The monoisotopic (exact) mass is 167 g/mol. The summed E-state index contributed by atoms with van der Waals surface area (Å²) in [5, 5.41) is 0. The van der Waals surface area contributed by atoms with Gasteiger partial charge in [0.2, 0.25) is 0 Å². The number of hydrogen-bond donors (Lipinski definition) is 0. The molecular weight excluding hydrogens is 154 g/mol. The minimum atomic E-state index is -0.334. The maximum atomic E-state index is 11.3. The highest BCUT2D eigenvalue weighted by molar-refractivity contribution is 5.94. The van der Waals surface area contributed by atoms with Gasteiger partial charge in [-0.05, 0) is 19.4 Å². The van der Waals surface area contributed by atoms with Crippen LogP contribution in [0.4, 0.5) is 0 Å². The zero-order chi connectivity index (χ0) is 8.55. The zero-order valence-electron chi connectivity index (χ0n) is 7.03. The third-order valence-electron chi connectivity index (χ3n) is 2.94. The van der Waals surface area contributed by atoms with Crippen LogP contribution in [0.25, 0.3) is 0 Å². The number of hydrogen-bond acceptors (Lipinski definition) is 3. The smallest absolute Gasteiger partial charge is 0.145 e. The van der Waals surface area contributed by atoms with E-state index in [4.69, 9.17) is 0 Å². The molecular formula is C9H13NO2. The van der Waals surface area contributed by atoms with E-state index in [1.54, 1.807) is 0 Å². The van der Waals surface area contributed by atoms with E-state index in [-0.39, 0.29) is 11.7 Å². The average Bonchev–Trinajstić information content (AvgIpc) is 2.49. The van der Waals surface area contributed by atoms with Crippen molar-refractivity contribution in [1.29, 1.82) is 0 Å². The first-order chi connectivity index (χ1) is 5.81. The van der Waals surface area contributed by atoms with Gasteiger partial charge >= 0.3 is 0 Å². The Labute approximate surface area is 71.7 Å². The molecule has 0 aromatic heterocycles. The molecule has 2 aliphatic rings. The van der Waals surface area contributed by atoms with Crippen molar-refractivity contribution in [3.8, 4) is 0 Å². The summed E-state index contributed by atoms with van der Waals surface area (Å²) in [6.07, 6.45) is 3.72. The van der Waals surface area contributed by atoms with Crippen LogP contribution in [0.3, 0.4) is 0 Å². The van der Waals surface area contributed by atoms with E-state index >= 15 is 0 Å². The van der Waals surface area contributed by atoms with Crippen molar-refractivity contribution >= 4 is 12.1 Å². The molecule has 0 aliphatic carbocycles. The number of fused-ring (bicyclic) bond motifs is 1. The summed E-state index contributed by atoms with van der Waals surface area (Å²) in [6.45, 7) is 1.75. The Morgan fingerprint density at radius 2 is 2.33 bits per heavy atom. The van der Waals surface area contributed by atoms with Crippen molar-refractivity contribution in [3.63, 3.8) is 0 Å². The van der Waals surface area contributed by atoms with Crippen LogP contribution in [0.1, 0.15) is 19.3 Å². The van der Waals surface area contributed by atoms with E-state index in [1.807, 2.05) is 0 Å². The van der Waals surface area contributed by atoms with E-state index in [0.29, 0.717) is 19.0 Å². The number of Topliss-reactive ketones (excluding diaryl/α,β-unsaturated/α-hetero) is 1. The predicted molar refractivity (Wildman–Crippen MR) is 43.8 cm³/mol. The minimum absolute atomic E-state index is 0.146. The lowest BCUT2D eigenvalue weighted by atomic mass is 9.93. The summed E-state index contributed by atoms with van der Waals surface area (Å²) in [6, 6.07) is 0.452. The van der Waals surface area contributed by atoms with Crippen LogP contribution >= 0.6 is 0 Å².